The fourth-order valence-electron chi connectivity index (χ4n) is 1.20. The number of aromatic nitrogens is 2. The Balaban J connectivity index is 2.69. The summed E-state index contributed by atoms with van der Waals surface area (Å²) in [7, 11) is 0. The summed E-state index contributed by atoms with van der Waals surface area (Å²) < 4.78 is 0. The van der Waals surface area contributed by atoms with E-state index in [1.165, 1.54) is 6.42 Å². The molecule has 1 aromatic rings. The number of unbranched alkanes of at least 4 members (excludes halogenated alkanes) is 2. The van der Waals surface area contributed by atoms with Gasteiger partial charge in [0, 0.05) is 12.1 Å². The molecular weight excluding hydrogens is 172 g/mol. The van der Waals surface area contributed by atoms with Crippen LogP contribution in [0.1, 0.15) is 43.4 Å². The summed E-state index contributed by atoms with van der Waals surface area (Å²) >= 11 is 0. The smallest absolute Gasteiger partial charge is 0.126 e. The molecule has 2 nitrogen and oxygen atoms in total. The van der Waals surface area contributed by atoms with Gasteiger partial charge in [0.1, 0.15) is 11.5 Å². The third-order valence-corrected chi connectivity index (χ3v) is 1.84. The molecule has 0 aliphatic heterocycles. The van der Waals surface area contributed by atoms with Crippen molar-refractivity contribution >= 4 is 0 Å². The van der Waals surface area contributed by atoms with Crippen molar-refractivity contribution in [3.05, 3.63) is 23.3 Å². The molecule has 0 amide bonds. The fourth-order valence-corrected chi connectivity index (χ4v) is 1.20. The van der Waals surface area contributed by atoms with Crippen LogP contribution in [0.4, 0.5) is 0 Å². The van der Waals surface area contributed by atoms with Gasteiger partial charge in [0.05, 0.1) is 0 Å². The van der Waals surface area contributed by atoms with E-state index < -0.39 is 0 Å². The normalized spacial score (nSPS) is 9.36. The first kappa shape index (κ1) is 10.7. The Bertz CT molecular complexity index is 338. The monoisotopic (exact) mass is 188 g/mol. The highest BCUT2D eigenvalue weighted by atomic mass is 14.9. The standard InChI is InChI=1S/C12H16N2/c1-4-5-6-7-8-12-9-10(2)13-11(3)14-12/h9H,4-6H2,1-3H3. The number of hydrogen-bond donors (Lipinski definition) is 0. The summed E-state index contributed by atoms with van der Waals surface area (Å²) in [5.41, 5.74) is 1.82. The average Bonchev–Trinajstić information content (AvgIpc) is 2.11. The van der Waals surface area contributed by atoms with Gasteiger partial charge in [-0.15, -0.1) is 0 Å². The van der Waals surface area contributed by atoms with Gasteiger partial charge in [0.2, 0.25) is 0 Å². The third-order valence-electron chi connectivity index (χ3n) is 1.84. The Kier molecular flexibility index (Phi) is 4.12. The third kappa shape index (κ3) is 3.57. The lowest BCUT2D eigenvalue weighted by Gasteiger charge is -1.95. The fraction of sp³-hybridized carbons (Fsp3) is 0.500. The zero-order valence-corrected chi connectivity index (χ0v) is 9.09. The molecule has 2 heteroatoms. The highest BCUT2D eigenvalue weighted by Gasteiger charge is 1.93. The highest BCUT2D eigenvalue weighted by molar-refractivity contribution is 5.28. The first-order chi connectivity index (χ1) is 6.72. The van der Waals surface area contributed by atoms with E-state index >= 15 is 0 Å². The van der Waals surface area contributed by atoms with Crippen molar-refractivity contribution in [2.45, 2.75) is 40.0 Å². The Morgan fingerprint density at radius 1 is 1.29 bits per heavy atom. The second-order valence-electron chi connectivity index (χ2n) is 3.35. The van der Waals surface area contributed by atoms with Gasteiger partial charge in [-0.05, 0) is 32.3 Å². The van der Waals surface area contributed by atoms with Crippen molar-refractivity contribution in [2.75, 3.05) is 0 Å². The molecule has 74 valence electrons. The quantitative estimate of drug-likeness (QED) is 0.526. The molecule has 0 atom stereocenters. The van der Waals surface area contributed by atoms with Crippen molar-refractivity contribution in [3.63, 3.8) is 0 Å². The molecule has 1 heterocycles. The van der Waals surface area contributed by atoms with Gasteiger partial charge >= 0.3 is 0 Å². The van der Waals surface area contributed by atoms with Crippen LogP contribution >= 0.6 is 0 Å². The molecule has 1 aromatic heterocycles. The largest absolute Gasteiger partial charge is 0.238 e. The van der Waals surface area contributed by atoms with Crippen molar-refractivity contribution in [3.8, 4) is 11.8 Å². The number of rotatable bonds is 2. The summed E-state index contributed by atoms with van der Waals surface area (Å²) in [6.45, 7) is 6.02. The molecule has 0 saturated heterocycles. The molecule has 1 rings (SSSR count). The summed E-state index contributed by atoms with van der Waals surface area (Å²) in [6.07, 6.45) is 3.31. The molecule has 14 heavy (non-hydrogen) atoms. The van der Waals surface area contributed by atoms with E-state index in [0.29, 0.717) is 0 Å². The first-order valence-corrected chi connectivity index (χ1v) is 5.03. The van der Waals surface area contributed by atoms with Crippen LogP contribution in [0.25, 0.3) is 0 Å². The van der Waals surface area contributed by atoms with Gasteiger partial charge in [-0.1, -0.05) is 19.3 Å². The van der Waals surface area contributed by atoms with Crippen LogP contribution in [0.3, 0.4) is 0 Å². The molecule has 0 N–H and O–H groups in total. The van der Waals surface area contributed by atoms with E-state index in [1.54, 1.807) is 0 Å². The van der Waals surface area contributed by atoms with Gasteiger partial charge in [-0.25, -0.2) is 9.97 Å². The minimum atomic E-state index is 0.796. The van der Waals surface area contributed by atoms with Gasteiger partial charge < -0.3 is 0 Å². The SMILES string of the molecule is CCCCC#Cc1cc(C)nc(C)n1. The molecule has 0 unspecified atom stereocenters. The molecule has 0 aliphatic rings. The Morgan fingerprint density at radius 3 is 2.71 bits per heavy atom. The minimum absolute atomic E-state index is 0.796. The molecule has 0 spiro atoms. The second-order valence-corrected chi connectivity index (χ2v) is 3.35. The van der Waals surface area contributed by atoms with E-state index in [4.69, 9.17) is 0 Å². The Labute approximate surface area is 85.8 Å². The minimum Gasteiger partial charge on any atom is -0.238 e. The van der Waals surface area contributed by atoms with Gasteiger partial charge in [0.25, 0.3) is 0 Å². The Hall–Kier alpha value is -1.36. The van der Waals surface area contributed by atoms with Gasteiger partial charge in [-0.3, -0.25) is 0 Å². The molecule has 0 aliphatic carbocycles. The first-order valence-electron chi connectivity index (χ1n) is 5.03. The van der Waals surface area contributed by atoms with Crippen LogP contribution in [0.15, 0.2) is 6.07 Å². The van der Waals surface area contributed by atoms with Crippen molar-refractivity contribution < 1.29 is 0 Å². The molecule has 0 saturated carbocycles. The van der Waals surface area contributed by atoms with Crippen LogP contribution < -0.4 is 0 Å². The number of nitrogens with zero attached hydrogens (tertiary/aromatic N) is 2. The summed E-state index contributed by atoms with van der Waals surface area (Å²) in [5, 5.41) is 0. The van der Waals surface area contributed by atoms with E-state index in [1.807, 2.05) is 19.9 Å². The van der Waals surface area contributed by atoms with Crippen molar-refractivity contribution in [2.24, 2.45) is 0 Å². The summed E-state index contributed by atoms with van der Waals surface area (Å²) in [5.74, 6) is 6.97. The van der Waals surface area contributed by atoms with Crippen LogP contribution in [-0.4, -0.2) is 9.97 Å². The van der Waals surface area contributed by atoms with E-state index in [2.05, 4.69) is 28.7 Å². The average molecular weight is 188 g/mol. The maximum absolute atomic E-state index is 4.25. The molecule has 0 bridgehead atoms. The maximum Gasteiger partial charge on any atom is 0.126 e. The van der Waals surface area contributed by atoms with Crippen molar-refractivity contribution in [1.82, 2.24) is 9.97 Å². The predicted molar refractivity (Wildman–Crippen MR) is 57.9 cm³/mol. The van der Waals surface area contributed by atoms with Crippen LogP contribution in [0.2, 0.25) is 0 Å². The second kappa shape index (κ2) is 5.39. The lowest BCUT2D eigenvalue weighted by molar-refractivity contribution is 0.828. The lowest BCUT2D eigenvalue weighted by Crippen LogP contribution is -1.93. The zero-order valence-electron chi connectivity index (χ0n) is 9.09. The predicted octanol–water partition coefficient (Wildman–Crippen LogP) is 2.64. The Morgan fingerprint density at radius 2 is 2.07 bits per heavy atom. The summed E-state index contributed by atoms with van der Waals surface area (Å²) in [6, 6.07) is 1.92. The number of aryl methyl sites for hydroxylation is 2. The van der Waals surface area contributed by atoms with E-state index in [0.717, 1.165) is 30.1 Å². The maximum atomic E-state index is 4.25. The molecular formula is C12H16N2. The molecule has 0 fully saturated rings. The van der Waals surface area contributed by atoms with E-state index in [9.17, 15) is 0 Å². The molecule has 0 radical (unpaired) electrons. The van der Waals surface area contributed by atoms with Crippen LogP contribution in [-0.2, 0) is 0 Å². The highest BCUT2D eigenvalue weighted by Crippen LogP contribution is 1.98. The van der Waals surface area contributed by atoms with Crippen molar-refractivity contribution in [1.29, 1.82) is 0 Å². The topological polar surface area (TPSA) is 25.8 Å². The van der Waals surface area contributed by atoms with Crippen LogP contribution in [0, 0.1) is 25.7 Å². The van der Waals surface area contributed by atoms with Crippen LogP contribution in [0.5, 0.6) is 0 Å². The van der Waals surface area contributed by atoms with Gasteiger partial charge in [-0.2, -0.15) is 0 Å². The van der Waals surface area contributed by atoms with E-state index in [-0.39, 0.29) is 0 Å². The lowest BCUT2D eigenvalue weighted by atomic mass is 10.2. The summed E-state index contributed by atoms with van der Waals surface area (Å²) in [4.78, 5) is 8.45. The number of hydrogen-bond acceptors (Lipinski definition) is 2. The zero-order chi connectivity index (χ0) is 10.4. The van der Waals surface area contributed by atoms with Gasteiger partial charge in [0.15, 0.2) is 0 Å². The molecule has 0 aromatic carbocycles.